The minimum absolute atomic E-state index is 0.327. The highest BCUT2D eigenvalue weighted by atomic mass is 19.4. The maximum atomic E-state index is 12.5. The average molecular weight is 263 g/mol. The molecule has 0 radical (unpaired) electrons. The molecule has 1 aromatic carbocycles. The highest BCUT2D eigenvalue weighted by Crippen LogP contribution is 2.29. The first-order chi connectivity index (χ1) is 8.47. The first kappa shape index (κ1) is 14.9. The summed E-state index contributed by atoms with van der Waals surface area (Å²) in [5.74, 6) is 0. The summed E-state index contributed by atoms with van der Waals surface area (Å²) in [6.45, 7) is 0.733. The van der Waals surface area contributed by atoms with Crippen LogP contribution in [0.5, 0.6) is 0 Å². The van der Waals surface area contributed by atoms with Crippen molar-refractivity contribution < 1.29 is 22.6 Å². The van der Waals surface area contributed by atoms with Gasteiger partial charge in [-0.25, -0.2) is 0 Å². The van der Waals surface area contributed by atoms with Crippen LogP contribution in [0.3, 0.4) is 0 Å². The Morgan fingerprint density at radius 3 is 2.44 bits per heavy atom. The van der Waals surface area contributed by atoms with Gasteiger partial charge in [-0.3, -0.25) is 0 Å². The standard InChI is InChI=1S/C12H16F3NO2/c1-17-11(18-2)8-16-7-9-4-3-5-10(6-9)12(13,14)15/h3-6,11,16H,7-8H2,1-2H3. The van der Waals surface area contributed by atoms with Gasteiger partial charge >= 0.3 is 6.18 Å². The fourth-order valence-corrected chi connectivity index (χ4v) is 1.45. The van der Waals surface area contributed by atoms with Crippen molar-refractivity contribution in [1.82, 2.24) is 5.32 Å². The fourth-order valence-electron chi connectivity index (χ4n) is 1.45. The molecule has 0 aliphatic rings. The zero-order valence-electron chi connectivity index (χ0n) is 10.3. The first-order valence-corrected chi connectivity index (χ1v) is 5.40. The fraction of sp³-hybridized carbons (Fsp3) is 0.500. The lowest BCUT2D eigenvalue weighted by Gasteiger charge is -2.14. The van der Waals surface area contributed by atoms with Crippen molar-refractivity contribution >= 4 is 0 Å². The lowest BCUT2D eigenvalue weighted by molar-refractivity contribution is -0.137. The van der Waals surface area contributed by atoms with Crippen LogP contribution in [0.1, 0.15) is 11.1 Å². The Morgan fingerprint density at radius 2 is 1.89 bits per heavy atom. The summed E-state index contributed by atoms with van der Waals surface area (Å²) in [5.41, 5.74) is -0.0763. The molecule has 0 fully saturated rings. The number of rotatable bonds is 6. The molecule has 1 rings (SSSR count). The molecule has 102 valence electrons. The third kappa shape index (κ3) is 4.64. The van der Waals surface area contributed by atoms with Gasteiger partial charge in [0.1, 0.15) is 0 Å². The van der Waals surface area contributed by atoms with Gasteiger partial charge in [-0.15, -0.1) is 0 Å². The predicted octanol–water partition coefficient (Wildman–Crippen LogP) is 2.41. The van der Waals surface area contributed by atoms with Crippen molar-refractivity contribution in [2.24, 2.45) is 0 Å². The molecule has 0 aliphatic carbocycles. The number of methoxy groups -OCH3 is 2. The molecule has 18 heavy (non-hydrogen) atoms. The smallest absolute Gasteiger partial charge is 0.355 e. The van der Waals surface area contributed by atoms with E-state index in [1.54, 1.807) is 6.07 Å². The van der Waals surface area contributed by atoms with E-state index in [1.165, 1.54) is 20.3 Å². The van der Waals surface area contributed by atoms with Crippen molar-refractivity contribution in [3.8, 4) is 0 Å². The van der Waals surface area contributed by atoms with Crippen molar-refractivity contribution in [2.75, 3.05) is 20.8 Å². The Kier molecular flexibility index (Phi) is 5.58. The van der Waals surface area contributed by atoms with Crippen molar-refractivity contribution in [1.29, 1.82) is 0 Å². The van der Waals surface area contributed by atoms with Crippen LogP contribution < -0.4 is 5.32 Å². The number of hydrogen-bond acceptors (Lipinski definition) is 3. The molecule has 1 N–H and O–H groups in total. The number of benzene rings is 1. The number of hydrogen-bond donors (Lipinski definition) is 1. The molecule has 0 bridgehead atoms. The monoisotopic (exact) mass is 263 g/mol. The van der Waals surface area contributed by atoms with Crippen LogP contribution in [0, 0.1) is 0 Å². The number of halogens is 3. The third-order valence-electron chi connectivity index (χ3n) is 2.42. The summed E-state index contributed by atoms with van der Waals surface area (Å²) in [6, 6.07) is 5.21. The molecule has 1 aromatic rings. The zero-order valence-corrected chi connectivity index (χ0v) is 10.3. The van der Waals surface area contributed by atoms with E-state index in [-0.39, 0.29) is 0 Å². The number of alkyl halides is 3. The zero-order chi connectivity index (χ0) is 13.6. The topological polar surface area (TPSA) is 30.5 Å². The largest absolute Gasteiger partial charge is 0.416 e. The molecule has 0 spiro atoms. The molecule has 3 nitrogen and oxygen atoms in total. The van der Waals surface area contributed by atoms with Gasteiger partial charge in [0.15, 0.2) is 6.29 Å². The molecule has 0 aliphatic heterocycles. The Morgan fingerprint density at radius 1 is 1.22 bits per heavy atom. The Labute approximate surface area is 104 Å². The molecule has 0 saturated heterocycles. The molecule has 6 heteroatoms. The first-order valence-electron chi connectivity index (χ1n) is 5.40. The molecule has 0 aromatic heterocycles. The minimum atomic E-state index is -4.31. The van der Waals surface area contributed by atoms with E-state index in [1.807, 2.05) is 0 Å². The van der Waals surface area contributed by atoms with E-state index in [4.69, 9.17) is 9.47 Å². The second kappa shape index (κ2) is 6.72. The predicted molar refractivity (Wildman–Crippen MR) is 61.0 cm³/mol. The van der Waals surface area contributed by atoms with Gasteiger partial charge in [-0.05, 0) is 11.6 Å². The van der Waals surface area contributed by atoms with E-state index in [2.05, 4.69) is 5.32 Å². The molecule has 0 atom stereocenters. The molecule has 0 saturated carbocycles. The lowest BCUT2D eigenvalue weighted by Crippen LogP contribution is -2.29. The summed E-state index contributed by atoms with van der Waals surface area (Å²) in [5, 5.41) is 2.96. The summed E-state index contributed by atoms with van der Waals surface area (Å²) < 4.78 is 47.3. The van der Waals surface area contributed by atoms with Crippen molar-refractivity contribution in [2.45, 2.75) is 19.0 Å². The van der Waals surface area contributed by atoms with E-state index in [0.29, 0.717) is 18.7 Å². The SMILES string of the molecule is COC(CNCc1cccc(C(F)(F)F)c1)OC. The maximum absolute atomic E-state index is 12.5. The van der Waals surface area contributed by atoms with Gasteiger partial charge < -0.3 is 14.8 Å². The highest BCUT2D eigenvalue weighted by Gasteiger charge is 2.30. The Hall–Kier alpha value is -1.11. The quantitative estimate of drug-likeness (QED) is 0.799. The van der Waals surface area contributed by atoms with E-state index in [9.17, 15) is 13.2 Å². The molecular weight excluding hydrogens is 247 g/mol. The van der Waals surface area contributed by atoms with Gasteiger partial charge in [0.25, 0.3) is 0 Å². The number of ether oxygens (including phenoxy) is 2. The third-order valence-corrected chi connectivity index (χ3v) is 2.42. The van der Waals surface area contributed by atoms with Crippen LogP contribution >= 0.6 is 0 Å². The van der Waals surface area contributed by atoms with Crippen molar-refractivity contribution in [3.05, 3.63) is 35.4 Å². The molecular formula is C12H16F3NO2. The van der Waals surface area contributed by atoms with Gasteiger partial charge in [0.05, 0.1) is 5.56 Å². The molecule has 0 amide bonds. The summed E-state index contributed by atoms with van der Waals surface area (Å²) in [7, 11) is 3.00. The molecule has 0 heterocycles. The van der Waals surface area contributed by atoms with Gasteiger partial charge in [-0.2, -0.15) is 13.2 Å². The van der Waals surface area contributed by atoms with Gasteiger partial charge in [-0.1, -0.05) is 18.2 Å². The van der Waals surface area contributed by atoms with Crippen LogP contribution in [0.4, 0.5) is 13.2 Å². The highest BCUT2D eigenvalue weighted by molar-refractivity contribution is 5.25. The van der Waals surface area contributed by atoms with Crippen LogP contribution in [0.2, 0.25) is 0 Å². The summed E-state index contributed by atoms with van der Waals surface area (Å²) >= 11 is 0. The minimum Gasteiger partial charge on any atom is -0.355 e. The summed E-state index contributed by atoms with van der Waals surface area (Å²) in [4.78, 5) is 0. The van der Waals surface area contributed by atoms with Crippen LogP contribution in [0.15, 0.2) is 24.3 Å². The normalized spacial score (nSPS) is 12.1. The number of nitrogens with one attached hydrogen (secondary N) is 1. The second-order valence-electron chi connectivity index (χ2n) is 3.73. The van der Waals surface area contributed by atoms with E-state index >= 15 is 0 Å². The van der Waals surface area contributed by atoms with Gasteiger partial charge in [0.2, 0.25) is 0 Å². The van der Waals surface area contributed by atoms with Crippen molar-refractivity contribution in [3.63, 3.8) is 0 Å². The lowest BCUT2D eigenvalue weighted by atomic mass is 10.1. The van der Waals surface area contributed by atoms with E-state index < -0.39 is 18.0 Å². The molecule has 0 unspecified atom stereocenters. The van der Waals surface area contributed by atoms with Crippen LogP contribution in [0.25, 0.3) is 0 Å². The average Bonchev–Trinajstić information content (AvgIpc) is 2.34. The Balaban J connectivity index is 2.53. The maximum Gasteiger partial charge on any atom is 0.416 e. The second-order valence-corrected chi connectivity index (χ2v) is 3.73. The van der Waals surface area contributed by atoms with E-state index in [0.717, 1.165) is 12.1 Å². The summed E-state index contributed by atoms with van der Waals surface area (Å²) in [6.07, 6.45) is -4.71. The van der Waals surface area contributed by atoms with Crippen LogP contribution in [-0.4, -0.2) is 27.1 Å². The van der Waals surface area contributed by atoms with Gasteiger partial charge in [0, 0.05) is 27.3 Å². The Bertz CT molecular complexity index is 365. The van der Waals surface area contributed by atoms with Crippen LogP contribution in [-0.2, 0) is 22.2 Å².